The van der Waals surface area contributed by atoms with Gasteiger partial charge in [0.05, 0.1) is 18.4 Å². The third-order valence-corrected chi connectivity index (χ3v) is 4.49. The van der Waals surface area contributed by atoms with E-state index in [1.54, 1.807) is 36.4 Å². The number of aryl methyl sites for hydroxylation is 1. The minimum atomic E-state index is -1.10. The highest BCUT2D eigenvalue weighted by molar-refractivity contribution is 6.30. The largest absolute Gasteiger partial charge is 0.550 e. The summed E-state index contributed by atoms with van der Waals surface area (Å²) in [6.07, 6.45) is 0.249. The van der Waals surface area contributed by atoms with Crippen molar-refractivity contribution in [3.05, 3.63) is 76.9 Å². The van der Waals surface area contributed by atoms with Gasteiger partial charge in [0.25, 0.3) is 0 Å². The molecule has 0 bridgehead atoms. The molecule has 0 unspecified atom stereocenters. The van der Waals surface area contributed by atoms with E-state index in [2.05, 4.69) is 0 Å². The maximum Gasteiger partial charge on any atom is 0.337 e. The first-order valence-electron chi connectivity index (χ1n) is 8.35. The summed E-state index contributed by atoms with van der Waals surface area (Å²) < 4.78 is 6.69. The van der Waals surface area contributed by atoms with E-state index in [0.29, 0.717) is 17.0 Å². The van der Waals surface area contributed by atoms with Crippen LogP contribution in [0.3, 0.4) is 0 Å². The molecule has 0 atom stereocenters. The van der Waals surface area contributed by atoms with Crippen molar-refractivity contribution in [1.82, 2.24) is 4.57 Å². The fourth-order valence-corrected chi connectivity index (χ4v) is 3.05. The first kappa shape index (κ1) is 18.7. The van der Waals surface area contributed by atoms with Crippen LogP contribution in [0.4, 0.5) is 0 Å². The van der Waals surface area contributed by atoms with E-state index < -0.39 is 11.9 Å². The summed E-state index contributed by atoms with van der Waals surface area (Å²) in [5.41, 5.74) is 3.92. The van der Waals surface area contributed by atoms with Gasteiger partial charge in [-0.25, -0.2) is 4.79 Å². The second-order valence-corrected chi connectivity index (χ2v) is 6.40. The van der Waals surface area contributed by atoms with E-state index in [1.807, 2.05) is 28.8 Å². The molecule has 0 N–H and O–H groups in total. The molecule has 6 heteroatoms. The minimum absolute atomic E-state index is 0.0791. The number of ether oxygens (including phenoxy) is 1. The molecule has 0 amide bonds. The molecule has 27 heavy (non-hydrogen) atoms. The topological polar surface area (TPSA) is 71.4 Å². The molecule has 0 saturated heterocycles. The van der Waals surface area contributed by atoms with Gasteiger partial charge < -0.3 is 19.2 Å². The Labute approximate surface area is 161 Å². The molecule has 1 aromatic heterocycles. The Morgan fingerprint density at radius 1 is 1.00 bits per heavy atom. The Hall–Kier alpha value is -3.05. The molecule has 0 saturated carbocycles. The number of esters is 1. The molecular weight excluding hydrogens is 366 g/mol. The van der Waals surface area contributed by atoms with Crippen molar-refractivity contribution in [1.29, 1.82) is 0 Å². The van der Waals surface area contributed by atoms with Crippen molar-refractivity contribution in [3.63, 3.8) is 0 Å². The number of rotatable bonds is 6. The molecule has 3 rings (SSSR count). The summed E-state index contributed by atoms with van der Waals surface area (Å²) in [5, 5.41) is 11.5. The summed E-state index contributed by atoms with van der Waals surface area (Å²) in [6, 6.07) is 18.2. The van der Waals surface area contributed by atoms with Crippen LogP contribution in [0.15, 0.2) is 60.7 Å². The van der Waals surface area contributed by atoms with E-state index in [1.165, 1.54) is 7.11 Å². The van der Waals surface area contributed by atoms with Crippen molar-refractivity contribution < 1.29 is 19.4 Å². The summed E-state index contributed by atoms with van der Waals surface area (Å²) in [4.78, 5) is 22.6. The van der Waals surface area contributed by atoms with Gasteiger partial charge in [0.1, 0.15) is 0 Å². The van der Waals surface area contributed by atoms with E-state index in [-0.39, 0.29) is 6.42 Å². The standard InChI is InChI=1S/C21H18ClNO4/c1-27-21(26)15-4-8-17(9-5-15)23-18(11-13-20(24)25)10-12-19(23)14-2-6-16(22)7-3-14/h2-10,12H,11,13H2,1H3,(H,24,25)/p-1. The van der Waals surface area contributed by atoms with Gasteiger partial charge in [0.2, 0.25) is 0 Å². The van der Waals surface area contributed by atoms with Gasteiger partial charge in [0.15, 0.2) is 0 Å². The average molecular weight is 383 g/mol. The molecule has 0 radical (unpaired) electrons. The smallest absolute Gasteiger partial charge is 0.337 e. The van der Waals surface area contributed by atoms with Crippen molar-refractivity contribution in [2.24, 2.45) is 0 Å². The molecule has 2 aromatic carbocycles. The van der Waals surface area contributed by atoms with Crippen LogP contribution in [0.2, 0.25) is 5.02 Å². The summed E-state index contributed by atoms with van der Waals surface area (Å²) >= 11 is 5.98. The predicted molar refractivity (Wildman–Crippen MR) is 101 cm³/mol. The number of aliphatic carboxylic acids is 1. The second kappa shape index (κ2) is 8.10. The van der Waals surface area contributed by atoms with Crippen LogP contribution >= 0.6 is 11.6 Å². The van der Waals surface area contributed by atoms with Crippen molar-refractivity contribution in [2.45, 2.75) is 12.8 Å². The van der Waals surface area contributed by atoms with Gasteiger partial charge in [-0.3, -0.25) is 0 Å². The summed E-state index contributed by atoms with van der Waals surface area (Å²) in [6.45, 7) is 0. The van der Waals surface area contributed by atoms with Gasteiger partial charge in [0, 0.05) is 22.4 Å². The van der Waals surface area contributed by atoms with E-state index in [4.69, 9.17) is 16.3 Å². The van der Waals surface area contributed by atoms with Crippen LogP contribution in [0.25, 0.3) is 16.9 Å². The Balaban J connectivity index is 2.06. The zero-order valence-electron chi connectivity index (χ0n) is 14.6. The van der Waals surface area contributed by atoms with Crippen LogP contribution in [0.1, 0.15) is 22.5 Å². The lowest BCUT2D eigenvalue weighted by molar-refractivity contribution is -0.305. The second-order valence-electron chi connectivity index (χ2n) is 5.96. The van der Waals surface area contributed by atoms with Crippen LogP contribution < -0.4 is 5.11 Å². The number of nitrogens with zero attached hydrogens (tertiary/aromatic N) is 1. The van der Waals surface area contributed by atoms with E-state index in [0.717, 1.165) is 22.6 Å². The minimum Gasteiger partial charge on any atom is -0.550 e. The average Bonchev–Trinajstić information content (AvgIpc) is 3.10. The number of carbonyl (C=O) groups is 2. The molecule has 3 aromatic rings. The fraction of sp³-hybridized carbons (Fsp3) is 0.143. The maximum absolute atomic E-state index is 11.7. The highest BCUT2D eigenvalue weighted by Crippen LogP contribution is 2.28. The van der Waals surface area contributed by atoms with Crippen molar-refractivity contribution in [3.8, 4) is 16.9 Å². The maximum atomic E-state index is 11.7. The third kappa shape index (κ3) is 4.20. The highest BCUT2D eigenvalue weighted by Gasteiger charge is 2.13. The fourth-order valence-electron chi connectivity index (χ4n) is 2.92. The SMILES string of the molecule is COC(=O)c1ccc(-n2c(CCC(=O)[O-])ccc2-c2ccc(Cl)cc2)cc1. The molecule has 0 aliphatic carbocycles. The van der Waals surface area contributed by atoms with Crippen LogP contribution in [0, 0.1) is 0 Å². The lowest BCUT2D eigenvalue weighted by Crippen LogP contribution is -2.22. The molecule has 0 aliphatic rings. The summed E-state index contributed by atoms with van der Waals surface area (Å²) in [5.74, 6) is -1.51. The third-order valence-electron chi connectivity index (χ3n) is 4.23. The number of carbonyl (C=O) groups excluding carboxylic acids is 2. The first-order valence-corrected chi connectivity index (χ1v) is 8.72. The summed E-state index contributed by atoms with van der Waals surface area (Å²) in [7, 11) is 1.33. The van der Waals surface area contributed by atoms with E-state index in [9.17, 15) is 14.7 Å². The van der Waals surface area contributed by atoms with Crippen LogP contribution in [0.5, 0.6) is 0 Å². The van der Waals surface area contributed by atoms with Gasteiger partial charge >= 0.3 is 5.97 Å². The molecule has 0 spiro atoms. The Kier molecular flexibility index (Phi) is 5.62. The number of halogens is 1. The molecule has 0 fully saturated rings. The van der Waals surface area contributed by atoms with Crippen molar-refractivity contribution in [2.75, 3.05) is 7.11 Å². The van der Waals surface area contributed by atoms with E-state index >= 15 is 0 Å². The number of methoxy groups -OCH3 is 1. The molecule has 5 nitrogen and oxygen atoms in total. The number of carboxylic acids is 1. The van der Waals surface area contributed by atoms with Crippen molar-refractivity contribution >= 4 is 23.5 Å². The normalized spacial score (nSPS) is 10.6. The van der Waals surface area contributed by atoms with Gasteiger partial charge in [-0.05, 0) is 66.9 Å². The first-order chi connectivity index (χ1) is 13.0. The number of carboxylic acid groups (broad SMARTS) is 1. The highest BCUT2D eigenvalue weighted by atomic mass is 35.5. The zero-order valence-corrected chi connectivity index (χ0v) is 15.4. The van der Waals surface area contributed by atoms with Gasteiger partial charge in [-0.2, -0.15) is 0 Å². The predicted octanol–water partition coefficient (Wildman–Crippen LogP) is 3.27. The number of aromatic nitrogens is 1. The number of hydrogen-bond donors (Lipinski definition) is 0. The van der Waals surface area contributed by atoms with Gasteiger partial charge in [-0.1, -0.05) is 23.7 Å². The quantitative estimate of drug-likeness (QED) is 0.613. The van der Waals surface area contributed by atoms with Gasteiger partial charge in [-0.15, -0.1) is 0 Å². The lowest BCUT2D eigenvalue weighted by Gasteiger charge is -2.15. The molecule has 1 heterocycles. The van der Waals surface area contributed by atoms with Crippen LogP contribution in [-0.2, 0) is 16.0 Å². The number of hydrogen-bond acceptors (Lipinski definition) is 4. The molecule has 138 valence electrons. The monoisotopic (exact) mass is 382 g/mol. The lowest BCUT2D eigenvalue weighted by atomic mass is 10.1. The Morgan fingerprint density at radius 2 is 1.67 bits per heavy atom. The zero-order chi connectivity index (χ0) is 19.4. The number of benzene rings is 2. The Bertz CT molecular complexity index is 959. The Morgan fingerprint density at radius 3 is 2.26 bits per heavy atom. The molecule has 0 aliphatic heterocycles. The van der Waals surface area contributed by atoms with Crippen LogP contribution in [-0.4, -0.2) is 23.6 Å². The molecular formula is C21H17ClNO4-.